The second kappa shape index (κ2) is 5.44. The Morgan fingerprint density at radius 2 is 2.06 bits per heavy atom. The molecule has 0 atom stereocenters. The summed E-state index contributed by atoms with van der Waals surface area (Å²) in [5.41, 5.74) is 0.649. The highest BCUT2D eigenvalue weighted by atomic mass is 35.5. The predicted octanol–water partition coefficient (Wildman–Crippen LogP) is 3.40. The minimum atomic E-state index is -0.554. The molecule has 1 rings (SSSR count). The fourth-order valence-electron chi connectivity index (χ4n) is 1.33. The molecule has 0 aliphatic rings. The smallest absolute Gasteiger partial charge is 0.412 e. The van der Waals surface area contributed by atoms with Crippen molar-refractivity contribution < 1.29 is 14.3 Å². The number of aromatic nitrogens is 1. The van der Waals surface area contributed by atoms with Crippen LogP contribution in [0, 0.1) is 6.92 Å². The number of carbonyl (C=O) groups excluding carboxylic acids is 1. The van der Waals surface area contributed by atoms with E-state index >= 15 is 0 Å². The van der Waals surface area contributed by atoms with Crippen LogP contribution in [0.1, 0.15) is 26.3 Å². The van der Waals surface area contributed by atoms with Crippen molar-refractivity contribution in [2.75, 3.05) is 12.4 Å². The Bertz CT molecular complexity index is 455. The maximum atomic E-state index is 11.6. The number of methoxy groups -OCH3 is 1. The molecule has 18 heavy (non-hydrogen) atoms. The summed E-state index contributed by atoms with van der Waals surface area (Å²) >= 11 is 5.86. The number of nitrogens with one attached hydrogen (secondary N) is 1. The summed E-state index contributed by atoms with van der Waals surface area (Å²) < 4.78 is 10.3. The Hall–Kier alpha value is -1.49. The van der Waals surface area contributed by atoms with Crippen LogP contribution >= 0.6 is 11.6 Å². The molecule has 0 aromatic carbocycles. The largest absolute Gasteiger partial charge is 0.493 e. The van der Waals surface area contributed by atoms with Crippen LogP contribution in [0.25, 0.3) is 0 Å². The van der Waals surface area contributed by atoms with Gasteiger partial charge in [0, 0.05) is 5.56 Å². The SMILES string of the molecule is COc1c(Cl)ncc(NC(=O)OC(C)(C)C)c1C. The van der Waals surface area contributed by atoms with Crippen molar-refractivity contribution in [3.05, 3.63) is 16.9 Å². The Morgan fingerprint density at radius 3 is 2.56 bits per heavy atom. The molecule has 1 heterocycles. The number of nitrogens with zero attached hydrogens (tertiary/aromatic N) is 1. The molecular weight excluding hydrogens is 256 g/mol. The molecule has 100 valence electrons. The third kappa shape index (κ3) is 3.77. The summed E-state index contributed by atoms with van der Waals surface area (Å²) in [4.78, 5) is 15.6. The molecule has 0 aliphatic carbocycles. The molecule has 1 N–H and O–H groups in total. The second-order valence-corrected chi connectivity index (χ2v) is 5.11. The highest BCUT2D eigenvalue weighted by Crippen LogP contribution is 2.31. The summed E-state index contributed by atoms with van der Waals surface area (Å²) in [6, 6.07) is 0. The third-order valence-electron chi connectivity index (χ3n) is 2.08. The Kier molecular flexibility index (Phi) is 4.40. The van der Waals surface area contributed by atoms with Gasteiger partial charge < -0.3 is 9.47 Å². The number of halogens is 1. The lowest BCUT2D eigenvalue weighted by molar-refractivity contribution is 0.0635. The van der Waals surface area contributed by atoms with E-state index in [1.54, 1.807) is 27.7 Å². The number of rotatable bonds is 2. The van der Waals surface area contributed by atoms with Gasteiger partial charge >= 0.3 is 6.09 Å². The van der Waals surface area contributed by atoms with E-state index < -0.39 is 11.7 Å². The minimum absolute atomic E-state index is 0.254. The quantitative estimate of drug-likeness (QED) is 0.838. The van der Waals surface area contributed by atoms with Gasteiger partial charge in [-0.2, -0.15) is 0 Å². The number of ether oxygens (including phenoxy) is 2. The molecule has 6 heteroatoms. The van der Waals surface area contributed by atoms with Crippen LogP contribution in [0.5, 0.6) is 5.75 Å². The number of anilines is 1. The summed E-state index contributed by atoms with van der Waals surface area (Å²) in [6.07, 6.45) is 0.918. The van der Waals surface area contributed by atoms with Crippen molar-refractivity contribution in [1.82, 2.24) is 4.98 Å². The second-order valence-electron chi connectivity index (χ2n) is 4.75. The molecule has 0 bridgehead atoms. The van der Waals surface area contributed by atoms with Gasteiger partial charge in [0.2, 0.25) is 0 Å². The fourth-order valence-corrected chi connectivity index (χ4v) is 1.60. The lowest BCUT2D eigenvalue weighted by Crippen LogP contribution is -2.27. The van der Waals surface area contributed by atoms with E-state index in [1.165, 1.54) is 13.3 Å². The molecule has 0 saturated carbocycles. The maximum absolute atomic E-state index is 11.6. The van der Waals surface area contributed by atoms with Gasteiger partial charge in [0.15, 0.2) is 10.9 Å². The van der Waals surface area contributed by atoms with Gasteiger partial charge in [-0.25, -0.2) is 9.78 Å². The fraction of sp³-hybridized carbons (Fsp3) is 0.500. The third-order valence-corrected chi connectivity index (χ3v) is 2.35. The van der Waals surface area contributed by atoms with E-state index in [1.807, 2.05) is 0 Å². The van der Waals surface area contributed by atoms with Crippen LogP contribution < -0.4 is 10.1 Å². The molecule has 0 saturated heterocycles. The molecule has 1 amide bonds. The summed E-state index contributed by atoms with van der Waals surface area (Å²) in [5, 5.41) is 2.86. The average Bonchev–Trinajstić information content (AvgIpc) is 2.20. The van der Waals surface area contributed by atoms with Gasteiger partial charge in [-0.05, 0) is 27.7 Å². The molecule has 0 spiro atoms. The van der Waals surface area contributed by atoms with Crippen LogP contribution in [-0.4, -0.2) is 23.8 Å². The van der Waals surface area contributed by atoms with Gasteiger partial charge in [0.25, 0.3) is 0 Å². The summed E-state index contributed by atoms with van der Waals surface area (Å²) in [7, 11) is 1.49. The minimum Gasteiger partial charge on any atom is -0.493 e. The molecule has 0 fully saturated rings. The van der Waals surface area contributed by atoms with E-state index in [0.29, 0.717) is 17.0 Å². The topological polar surface area (TPSA) is 60.5 Å². The molecule has 1 aromatic heterocycles. The van der Waals surface area contributed by atoms with Crippen LogP contribution in [-0.2, 0) is 4.74 Å². The summed E-state index contributed by atoms with van der Waals surface area (Å²) in [6.45, 7) is 7.15. The first kappa shape index (κ1) is 14.6. The van der Waals surface area contributed by atoms with E-state index in [-0.39, 0.29) is 5.15 Å². The Balaban J connectivity index is 2.89. The van der Waals surface area contributed by atoms with Gasteiger partial charge in [-0.3, -0.25) is 5.32 Å². The molecule has 0 unspecified atom stereocenters. The standard InChI is InChI=1S/C12H17ClN2O3/c1-7-8(6-14-10(13)9(7)17-5)15-11(16)18-12(2,3)4/h6H,1-5H3,(H,15,16). The van der Waals surface area contributed by atoms with Gasteiger partial charge in [0.05, 0.1) is 19.0 Å². The average molecular weight is 273 g/mol. The monoisotopic (exact) mass is 272 g/mol. The first-order valence-corrected chi connectivity index (χ1v) is 5.81. The number of pyridine rings is 1. The van der Waals surface area contributed by atoms with Crippen LogP contribution in [0.15, 0.2) is 6.20 Å². The van der Waals surface area contributed by atoms with Crippen molar-refractivity contribution in [1.29, 1.82) is 0 Å². The van der Waals surface area contributed by atoms with E-state index in [4.69, 9.17) is 21.1 Å². The maximum Gasteiger partial charge on any atom is 0.412 e. The van der Waals surface area contributed by atoms with Crippen molar-refractivity contribution >= 4 is 23.4 Å². The predicted molar refractivity (Wildman–Crippen MR) is 70.4 cm³/mol. The van der Waals surface area contributed by atoms with E-state index in [9.17, 15) is 4.79 Å². The first-order chi connectivity index (χ1) is 8.24. The molecule has 0 radical (unpaired) electrons. The molecule has 5 nitrogen and oxygen atoms in total. The van der Waals surface area contributed by atoms with Crippen molar-refractivity contribution in [2.24, 2.45) is 0 Å². The number of amides is 1. The van der Waals surface area contributed by atoms with E-state index in [2.05, 4.69) is 10.3 Å². The number of carbonyl (C=O) groups is 1. The lowest BCUT2D eigenvalue weighted by Gasteiger charge is -2.20. The highest BCUT2D eigenvalue weighted by Gasteiger charge is 2.18. The first-order valence-electron chi connectivity index (χ1n) is 5.43. The van der Waals surface area contributed by atoms with Crippen molar-refractivity contribution in [3.8, 4) is 5.75 Å². The van der Waals surface area contributed by atoms with Crippen molar-refractivity contribution in [3.63, 3.8) is 0 Å². The van der Waals surface area contributed by atoms with Crippen LogP contribution in [0.3, 0.4) is 0 Å². The normalized spacial score (nSPS) is 11.0. The number of hydrogen-bond acceptors (Lipinski definition) is 4. The van der Waals surface area contributed by atoms with Crippen LogP contribution in [0.4, 0.5) is 10.5 Å². The Labute approximate surface area is 111 Å². The van der Waals surface area contributed by atoms with Gasteiger partial charge in [0.1, 0.15) is 5.60 Å². The van der Waals surface area contributed by atoms with Crippen LogP contribution in [0.2, 0.25) is 5.15 Å². The molecule has 1 aromatic rings. The zero-order chi connectivity index (χ0) is 13.9. The highest BCUT2D eigenvalue weighted by molar-refractivity contribution is 6.31. The summed E-state index contributed by atoms with van der Waals surface area (Å²) in [5.74, 6) is 0.435. The van der Waals surface area contributed by atoms with E-state index in [0.717, 1.165) is 0 Å². The molecule has 0 aliphatic heterocycles. The zero-order valence-electron chi connectivity index (χ0n) is 11.1. The molecular formula is C12H17ClN2O3. The lowest BCUT2D eigenvalue weighted by atomic mass is 10.2. The van der Waals surface area contributed by atoms with Gasteiger partial charge in [-0.15, -0.1) is 0 Å². The number of hydrogen-bond donors (Lipinski definition) is 1. The van der Waals surface area contributed by atoms with Gasteiger partial charge in [-0.1, -0.05) is 11.6 Å². The Morgan fingerprint density at radius 1 is 1.44 bits per heavy atom. The zero-order valence-corrected chi connectivity index (χ0v) is 11.9. The van der Waals surface area contributed by atoms with Crippen molar-refractivity contribution in [2.45, 2.75) is 33.3 Å².